The molecule has 2 heterocycles. The number of anilines is 1. The smallest absolute Gasteiger partial charge is 0.135 e. The van der Waals surface area contributed by atoms with Crippen LogP contribution in [0.3, 0.4) is 0 Å². The van der Waals surface area contributed by atoms with Crippen LogP contribution >= 0.6 is 0 Å². The van der Waals surface area contributed by atoms with Gasteiger partial charge in [0.05, 0.1) is 0 Å². The summed E-state index contributed by atoms with van der Waals surface area (Å²) < 4.78 is 0. The van der Waals surface area contributed by atoms with E-state index in [2.05, 4.69) is 34.2 Å². The van der Waals surface area contributed by atoms with Crippen LogP contribution < -0.4 is 10.2 Å². The number of piperidine rings is 1. The lowest BCUT2D eigenvalue weighted by atomic mass is 9.89. The van der Waals surface area contributed by atoms with Crippen molar-refractivity contribution in [2.24, 2.45) is 0 Å². The van der Waals surface area contributed by atoms with Gasteiger partial charge >= 0.3 is 0 Å². The number of hydrogen-bond donors (Lipinski definition) is 1. The molecule has 0 unspecified atom stereocenters. The summed E-state index contributed by atoms with van der Waals surface area (Å²) >= 11 is 0. The highest BCUT2D eigenvalue weighted by Crippen LogP contribution is 2.30. The van der Waals surface area contributed by atoms with Gasteiger partial charge in [0.1, 0.15) is 12.1 Å². The second kappa shape index (κ2) is 5.08. The summed E-state index contributed by atoms with van der Waals surface area (Å²) in [4.78, 5) is 11.5. The fourth-order valence-electron chi connectivity index (χ4n) is 3.24. The summed E-state index contributed by atoms with van der Waals surface area (Å²) in [5.74, 6) is 1.21. The lowest BCUT2D eigenvalue weighted by molar-refractivity contribution is 0.304. The van der Waals surface area contributed by atoms with Gasteiger partial charge in [0.25, 0.3) is 0 Å². The maximum Gasteiger partial charge on any atom is 0.135 e. The maximum absolute atomic E-state index is 4.58. The van der Waals surface area contributed by atoms with Gasteiger partial charge < -0.3 is 10.2 Å². The number of nitrogens with zero attached hydrogens (tertiary/aromatic N) is 3. The third kappa shape index (κ3) is 2.46. The molecule has 0 saturated carbocycles. The van der Waals surface area contributed by atoms with E-state index in [4.69, 9.17) is 0 Å². The van der Waals surface area contributed by atoms with Crippen molar-refractivity contribution >= 4 is 5.82 Å². The fourth-order valence-corrected chi connectivity index (χ4v) is 3.24. The zero-order valence-electron chi connectivity index (χ0n) is 12.1. The normalized spacial score (nSPS) is 22.1. The highest BCUT2D eigenvalue weighted by molar-refractivity contribution is 5.50. The molecule has 104 valence electrons. The van der Waals surface area contributed by atoms with E-state index in [1.807, 2.05) is 0 Å². The Morgan fingerprint density at radius 2 is 1.89 bits per heavy atom. The van der Waals surface area contributed by atoms with Gasteiger partial charge in [-0.05, 0) is 52.5 Å². The first-order chi connectivity index (χ1) is 9.22. The van der Waals surface area contributed by atoms with Crippen LogP contribution in [0, 0.1) is 0 Å². The first-order valence-electron chi connectivity index (χ1n) is 7.48. The zero-order chi connectivity index (χ0) is 13.3. The molecule has 0 aromatic carbocycles. The van der Waals surface area contributed by atoms with E-state index in [0.717, 1.165) is 25.9 Å². The van der Waals surface area contributed by atoms with Crippen LogP contribution in [-0.2, 0) is 12.8 Å². The molecule has 0 bridgehead atoms. The average molecular weight is 260 g/mol. The molecule has 19 heavy (non-hydrogen) atoms. The molecule has 1 N–H and O–H groups in total. The van der Waals surface area contributed by atoms with Crippen LogP contribution in [0.2, 0.25) is 0 Å². The molecule has 0 amide bonds. The predicted molar refractivity (Wildman–Crippen MR) is 77.6 cm³/mol. The summed E-state index contributed by atoms with van der Waals surface area (Å²) in [5.41, 5.74) is 3.00. The predicted octanol–water partition coefficient (Wildman–Crippen LogP) is 1.93. The van der Waals surface area contributed by atoms with E-state index in [9.17, 15) is 0 Å². The third-order valence-electron chi connectivity index (χ3n) is 4.87. The van der Waals surface area contributed by atoms with E-state index in [-0.39, 0.29) is 0 Å². The molecule has 1 aromatic rings. The van der Waals surface area contributed by atoms with Crippen LogP contribution in [0.4, 0.5) is 5.82 Å². The van der Waals surface area contributed by atoms with Crippen molar-refractivity contribution in [3.05, 3.63) is 17.6 Å². The molecule has 1 saturated heterocycles. The molecule has 0 atom stereocenters. The first-order valence-corrected chi connectivity index (χ1v) is 7.48. The van der Waals surface area contributed by atoms with Crippen molar-refractivity contribution in [2.75, 3.05) is 25.0 Å². The summed E-state index contributed by atoms with van der Waals surface area (Å²) in [7, 11) is 2.07. The number of rotatable bonds is 2. The van der Waals surface area contributed by atoms with Gasteiger partial charge in [-0.3, -0.25) is 0 Å². The van der Waals surface area contributed by atoms with Gasteiger partial charge in [0.2, 0.25) is 0 Å². The Morgan fingerprint density at radius 1 is 1.16 bits per heavy atom. The van der Waals surface area contributed by atoms with E-state index in [0.29, 0.717) is 5.54 Å². The third-order valence-corrected chi connectivity index (χ3v) is 4.87. The molecule has 4 heteroatoms. The number of nitrogens with one attached hydrogen (secondary N) is 1. The molecular formula is C15H24N4. The zero-order valence-corrected chi connectivity index (χ0v) is 12.1. The van der Waals surface area contributed by atoms with Crippen molar-refractivity contribution in [3.8, 4) is 0 Å². The summed E-state index contributed by atoms with van der Waals surface area (Å²) in [6.45, 7) is 4.52. The van der Waals surface area contributed by atoms with Crippen molar-refractivity contribution in [1.29, 1.82) is 0 Å². The van der Waals surface area contributed by atoms with E-state index < -0.39 is 0 Å². The van der Waals surface area contributed by atoms with Gasteiger partial charge in [-0.2, -0.15) is 0 Å². The monoisotopic (exact) mass is 260 g/mol. The summed E-state index contributed by atoms with van der Waals surface area (Å²) in [5, 5.41) is 3.46. The summed E-state index contributed by atoms with van der Waals surface area (Å²) in [6, 6.07) is 0. The van der Waals surface area contributed by atoms with Crippen molar-refractivity contribution in [1.82, 2.24) is 15.3 Å². The topological polar surface area (TPSA) is 41.0 Å². The summed E-state index contributed by atoms with van der Waals surface area (Å²) in [6.07, 6.45) is 8.98. The second-order valence-corrected chi connectivity index (χ2v) is 6.13. The van der Waals surface area contributed by atoms with Crippen molar-refractivity contribution in [2.45, 2.75) is 51.0 Å². The minimum absolute atomic E-state index is 0.295. The standard InChI is InChI=1S/C15H24N4/c1-15(16-2)7-9-19(10-8-15)14-12-5-3-4-6-13(12)17-11-18-14/h11,16H,3-10H2,1-2H3. The van der Waals surface area contributed by atoms with Crippen LogP contribution in [0.5, 0.6) is 0 Å². The minimum atomic E-state index is 0.295. The van der Waals surface area contributed by atoms with Gasteiger partial charge in [0, 0.05) is 29.9 Å². The molecule has 1 aliphatic carbocycles. The molecule has 3 rings (SSSR count). The van der Waals surface area contributed by atoms with Gasteiger partial charge in [-0.25, -0.2) is 9.97 Å². The molecule has 4 nitrogen and oxygen atoms in total. The molecular weight excluding hydrogens is 236 g/mol. The molecule has 1 aliphatic heterocycles. The van der Waals surface area contributed by atoms with Crippen molar-refractivity contribution in [3.63, 3.8) is 0 Å². The van der Waals surface area contributed by atoms with Crippen LogP contribution in [0.1, 0.15) is 43.9 Å². The Kier molecular flexibility index (Phi) is 3.44. The first kappa shape index (κ1) is 12.9. The van der Waals surface area contributed by atoms with Gasteiger partial charge in [-0.1, -0.05) is 0 Å². The molecule has 0 spiro atoms. The van der Waals surface area contributed by atoms with Gasteiger partial charge in [-0.15, -0.1) is 0 Å². The molecule has 1 fully saturated rings. The van der Waals surface area contributed by atoms with E-state index in [1.165, 1.54) is 42.8 Å². The average Bonchev–Trinajstić information content (AvgIpc) is 2.48. The lowest BCUT2D eigenvalue weighted by Crippen LogP contribution is -2.50. The minimum Gasteiger partial charge on any atom is -0.356 e. The highest BCUT2D eigenvalue weighted by Gasteiger charge is 2.30. The maximum atomic E-state index is 4.58. The van der Waals surface area contributed by atoms with Crippen LogP contribution in [-0.4, -0.2) is 35.6 Å². The number of fused-ring (bicyclic) bond motifs is 1. The van der Waals surface area contributed by atoms with Crippen LogP contribution in [0.25, 0.3) is 0 Å². The SMILES string of the molecule is CNC1(C)CCN(c2ncnc3c2CCCC3)CC1. The quantitative estimate of drug-likeness (QED) is 0.882. The number of aryl methyl sites for hydroxylation is 1. The number of aromatic nitrogens is 2. The Hall–Kier alpha value is -1.16. The Balaban J connectivity index is 1.80. The van der Waals surface area contributed by atoms with Crippen molar-refractivity contribution < 1.29 is 0 Å². The fraction of sp³-hybridized carbons (Fsp3) is 0.733. The molecule has 2 aliphatic rings. The van der Waals surface area contributed by atoms with Gasteiger partial charge in [0.15, 0.2) is 0 Å². The van der Waals surface area contributed by atoms with Crippen LogP contribution in [0.15, 0.2) is 6.33 Å². The van der Waals surface area contributed by atoms with E-state index in [1.54, 1.807) is 6.33 Å². The number of hydrogen-bond acceptors (Lipinski definition) is 4. The Bertz CT molecular complexity index is 449. The molecule has 0 radical (unpaired) electrons. The Morgan fingerprint density at radius 3 is 2.63 bits per heavy atom. The largest absolute Gasteiger partial charge is 0.356 e. The second-order valence-electron chi connectivity index (χ2n) is 6.13. The highest BCUT2D eigenvalue weighted by atomic mass is 15.2. The Labute approximate surface area is 115 Å². The molecule has 1 aromatic heterocycles. The van der Waals surface area contributed by atoms with E-state index >= 15 is 0 Å². The lowest BCUT2D eigenvalue weighted by Gasteiger charge is -2.40.